The van der Waals surface area contributed by atoms with Crippen molar-refractivity contribution in [2.24, 2.45) is 4.99 Å². The zero-order chi connectivity index (χ0) is 19.5. The van der Waals surface area contributed by atoms with Gasteiger partial charge < -0.3 is 25.4 Å². The van der Waals surface area contributed by atoms with Gasteiger partial charge in [0, 0.05) is 45.3 Å². The fraction of sp³-hybridized carbons (Fsp3) is 0.600. The van der Waals surface area contributed by atoms with E-state index in [1.54, 1.807) is 14.2 Å². The van der Waals surface area contributed by atoms with Crippen LogP contribution in [0.2, 0.25) is 0 Å². The molecular formula is C20H33IN4O3. The van der Waals surface area contributed by atoms with E-state index in [-0.39, 0.29) is 29.9 Å². The van der Waals surface area contributed by atoms with Crippen LogP contribution in [0.4, 0.5) is 0 Å². The maximum Gasteiger partial charge on any atom is 0.220 e. The van der Waals surface area contributed by atoms with Crippen molar-refractivity contribution in [1.82, 2.24) is 16.0 Å². The highest BCUT2D eigenvalue weighted by molar-refractivity contribution is 14.0. The molecule has 2 rings (SSSR count). The zero-order valence-corrected chi connectivity index (χ0v) is 19.4. The summed E-state index contributed by atoms with van der Waals surface area (Å²) in [6.45, 7) is 4.41. The van der Waals surface area contributed by atoms with Gasteiger partial charge in [-0.05, 0) is 37.8 Å². The summed E-state index contributed by atoms with van der Waals surface area (Å²) in [5, 5.41) is 9.54. The zero-order valence-electron chi connectivity index (χ0n) is 17.0. The number of nitrogens with one attached hydrogen (secondary N) is 3. The second-order valence-corrected chi connectivity index (χ2v) is 6.75. The van der Waals surface area contributed by atoms with Crippen LogP contribution in [0.3, 0.4) is 0 Å². The number of aliphatic imine (C=N–C) groups is 1. The minimum atomic E-state index is 0. The summed E-state index contributed by atoms with van der Waals surface area (Å²) < 4.78 is 10.9. The predicted molar refractivity (Wildman–Crippen MR) is 123 cm³/mol. The highest BCUT2D eigenvalue weighted by Gasteiger charge is 2.22. The second-order valence-electron chi connectivity index (χ2n) is 6.75. The van der Waals surface area contributed by atoms with Crippen molar-refractivity contribution >= 4 is 35.8 Å². The summed E-state index contributed by atoms with van der Waals surface area (Å²) >= 11 is 0. The number of carbonyl (C=O) groups excluding carboxylic acids is 1. The van der Waals surface area contributed by atoms with Crippen molar-refractivity contribution in [2.45, 2.75) is 45.2 Å². The number of amides is 1. The molecule has 0 unspecified atom stereocenters. The lowest BCUT2D eigenvalue weighted by atomic mass is 10.1. The number of carbonyl (C=O) groups is 1. The predicted octanol–water partition coefficient (Wildman–Crippen LogP) is 2.36. The van der Waals surface area contributed by atoms with Crippen LogP contribution in [0.25, 0.3) is 0 Å². The number of hydrogen-bond acceptors (Lipinski definition) is 4. The van der Waals surface area contributed by atoms with Crippen molar-refractivity contribution in [3.63, 3.8) is 0 Å². The van der Waals surface area contributed by atoms with Crippen LogP contribution in [0.5, 0.6) is 5.75 Å². The Labute approximate surface area is 185 Å². The third-order valence-corrected chi connectivity index (χ3v) is 4.25. The topological polar surface area (TPSA) is 84.0 Å². The van der Waals surface area contributed by atoms with Crippen LogP contribution in [-0.4, -0.2) is 51.8 Å². The average molecular weight is 504 g/mol. The molecule has 0 heterocycles. The molecule has 0 aromatic heterocycles. The van der Waals surface area contributed by atoms with Crippen LogP contribution >= 0.6 is 24.0 Å². The van der Waals surface area contributed by atoms with Crippen LogP contribution in [-0.2, 0) is 16.1 Å². The number of guanidine groups is 1. The Morgan fingerprint density at radius 3 is 2.71 bits per heavy atom. The highest BCUT2D eigenvalue weighted by atomic mass is 127. The first kappa shape index (κ1) is 24.5. The molecule has 1 aromatic rings. The summed E-state index contributed by atoms with van der Waals surface area (Å²) in [5.74, 6) is 1.70. The maximum atomic E-state index is 11.7. The van der Waals surface area contributed by atoms with Crippen molar-refractivity contribution in [3.8, 4) is 5.75 Å². The molecule has 0 radical (unpaired) electrons. The Morgan fingerprint density at radius 1 is 1.25 bits per heavy atom. The van der Waals surface area contributed by atoms with E-state index in [1.165, 1.54) is 0 Å². The molecule has 0 aliphatic heterocycles. The molecule has 3 N–H and O–H groups in total. The number of nitrogens with zero attached hydrogens (tertiary/aromatic N) is 1. The molecule has 0 atom stereocenters. The Balaban J connectivity index is 0.00000392. The molecule has 1 fully saturated rings. The first-order valence-electron chi connectivity index (χ1n) is 9.57. The molecule has 0 spiro atoms. The minimum absolute atomic E-state index is 0. The fourth-order valence-electron chi connectivity index (χ4n) is 2.56. The van der Waals surface area contributed by atoms with Crippen molar-refractivity contribution in [3.05, 3.63) is 29.3 Å². The van der Waals surface area contributed by atoms with E-state index in [0.29, 0.717) is 44.7 Å². The monoisotopic (exact) mass is 504 g/mol. The van der Waals surface area contributed by atoms with Gasteiger partial charge in [-0.1, -0.05) is 12.1 Å². The molecule has 8 heteroatoms. The van der Waals surface area contributed by atoms with Gasteiger partial charge in [-0.2, -0.15) is 0 Å². The van der Waals surface area contributed by atoms with E-state index in [4.69, 9.17) is 9.47 Å². The third kappa shape index (κ3) is 9.59. The largest absolute Gasteiger partial charge is 0.491 e. The Kier molecular flexibility index (Phi) is 11.9. The molecule has 0 bridgehead atoms. The standard InChI is InChI=1S/C20H32N4O3.HI/c1-15-6-7-16(18(13-15)27-12-11-26-3)14-23-20(21-2)22-10-4-5-19(25)24-17-8-9-17;/h6-7,13,17H,4-5,8-12,14H2,1-3H3,(H,24,25)(H2,21,22,23);1H. The molecular weight excluding hydrogens is 471 g/mol. The van der Waals surface area contributed by atoms with Gasteiger partial charge in [0.2, 0.25) is 5.91 Å². The van der Waals surface area contributed by atoms with Gasteiger partial charge in [-0.25, -0.2) is 0 Å². The molecule has 1 saturated carbocycles. The van der Waals surface area contributed by atoms with E-state index in [1.807, 2.05) is 13.0 Å². The molecule has 28 heavy (non-hydrogen) atoms. The summed E-state index contributed by atoms with van der Waals surface area (Å²) in [6, 6.07) is 6.57. The number of halogens is 1. The molecule has 1 aliphatic carbocycles. The van der Waals surface area contributed by atoms with Crippen molar-refractivity contribution in [2.75, 3.05) is 33.9 Å². The first-order valence-corrected chi connectivity index (χ1v) is 9.57. The van der Waals surface area contributed by atoms with Gasteiger partial charge in [0.05, 0.1) is 6.61 Å². The number of ether oxygens (including phenoxy) is 2. The molecule has 7 nitrogen and oxygen atoms in total. The van der Waals surface area contributed by atoms with E-state index < -0.39 is 0 Å². The number of aryl methyl sites for hydroxylation is 1. The van der Waals surface area contributed by atoms with E-state index in [9.17, 15) is 4.79 Å². The Hall–Kier alpha value is -1.55. The van der Waals surface area contributed by atoms with Gasteiger partial charge in [0.25, 0.3) is 0 Å². The molecule has 1 amide bonds. The van der Waals surface area contributed by atoms with Gasteiger partial charge >= 0.3 is 0 Å². The fourth-order valence-corrected chi connectivity index (χ4v) is 2.56. The van der Waals surface area contributed by atoms with Crippen molar-refractivity contribution in [1.29, 1.82) is 0 Å². The smallest absolute Gasteiger partial charge is 0.220 e. The van der Waals surface area contributed by atoms with E-state index in [0.717, 1.165) is 36.1 Å². The SMILES string of the molecule is CN=C(NCCCC(=O)NC1CC1)NCc1ccc(C)cc1OCCOC.I. The van der Waals surface area contributed by atoms with Crippen molar-refractivity contribution < 1.29 is 14.3 Å². The van der Waals surface area contributed by atoms with Crippen LogP contribution in [0, 0.1) is 6.92 Å². The Morgan fingerprint density at radius 2 is 2.04 bits per heavy atom. The molecule has 1 aliphatic rings. The summed E-state index contributed by atoms with van der Waals surface area (Å²) in [4.78, 5) is 15.9. The van der Waals surface area contributed by atoms with Gasteiger partial charge in [0.1, 0.15) is 12.4 Å². The minimum Gasteiger partial charge on any atom is -0.491 e. The van der Waals surface area contributed by atoms with Crippen LogP contribution in [0.15, 0.2) is 23.2 Å². The van der Waals surface area contributed by atoms with Gasteiger partial charge in [0.15, 0.2) is 5.96 Å². The molecule has 0 saturated heterocycles. The number of rotatable bonds is 11. The van der Waals surface area contributed by atoms with Gasteiger partial charge in [-0.3, -0.25) is 9.79 Å². The van der Waals surface area contributed by atoms with E-state index in [2.05, 4.69) is 33.1 Å². The van der Waals surface area contributed by atoms with Crippen LogP contribution in [0.1, 0.15) is 36.8 Å². The lowest BCUT2D eigenvalue weighted by Gasteiger charge is -2.15. The molecule has 1 aromatic carbocycles. The average Bonchev–Trinajstić information content (AvgIpc) is 3.46. The Bertz CT molecular complexity index is 636. The summed E-state index contributed by atoms with van der Waals surface area (Å²) in [5.41, 5.74) is 2.21. The number of benzene rings is 1. The maximum absolute atomic E-state index is 11.7. The first-order chi connectivity index (χ1) is 13.1. The lowest BCUT2D eigenvalue weighted by molar-refractivity contribution is -0.121. The number of hydrogen-bond donors (Lipinski definition) is 3. The molecule has 158 valence electrons. The normalized spacial score (nSPS) is 13.5. The highest BCUT2D eigenvalue weighted by Crippen LogP contribution is 2.20. The van der Waals surface area contributed by atoms with Gasteiger partial charge in [-0.15, -0.1) is 24.0 Å². The third-order valence-electron chi connectivity index (χ3n) is 4.25. The van der Waals surface area contributed by atoms with E-state index >= 15 is 0 Å². The summed E-state index contributed by atoms with van der Waals surface area (Å²) in [7, 11) is 3.40. The summed E-state index contributed by atoms with van der Waals surface area (Å²) in [6.07, 6.45) is 3.55. The van der Waals surface area contributed by atoms with Crippen LogP contribution < -0.4 is 20.7 Å². The second kappa shape index (κ2) is 13.6. The quantitative estimate of drug-likeness (QED) is 0.187. The lowest BCUT2D eigenvalue weighted by Crippen LogP contribution is -2.37. The number of methoxy groups -OCH3 is 1.